The standard InChI is InChI=1S/C29H39N3O5/c1-4-37-27(33)13-16-30-28(34)31-23-12-14-29(22-10-11-24(35-2)25(18-22)36-3)15-17-32(26(29)19-23)20-21-8-6-5-7-9-21/h5-11,18,23,26H,4,12-17,19-20H2,1-3H3,(H2,30,31,34)/t23-,26+,29-/m0/s1. The van der Waals surface area contributed by atoms with E-state index in [2.05, 4.69) is 51.9 Å². The van der Waals surface area contributed by atoms with Gasteiger partial charge in [-0.25, -0.2) is 4.79 Å². The van der Waals surface area contributed by atoms with E-state index in [-0.39, 0.29) is 42.5 Å². The van der Waals surface area contributed by atoms with Crippen LogP contribution in [0, 0.1) is 0 Å². The molecule has 200 valence electrons. The molecule has 1 saturated carbocycles. The predicted octanol–water partition coefficient (Wildman–Crippen LogP) is 4.02. The molecule has 1 aliphatic heterocycles. The number of ether oxygens (including phenoxy) is 3. The van der Waals surface area contributed by atoms with E-state index >= 15 is 0 Å². The van der Waals surface area contributed by atoms with Gasteiger partial charge >= 0.3 is 12.0 Å². The minimum atomic E-state index is -0.303. The smallest absolute Gasteiger partial charge is 0.315 e. The summed E-state index contributed by atoms with van der Waals surface area (Å²) >= 11 is 0. The molecule has 3 atom stereocenters. The number of carbonyl (C=O) groups is 2. The molecule has 1 heterocycles. The van der Waals surface area contributed by atoms with Gasteiger partial charge in [-0.15, -0.1) is 0 Å². The maximum absolute atomic E-state index is 12.6. The number of hydrogen-bond donors (Lipinski definition) is 2. The fourth-order valence-electron chi connectivity index (χ4n) is 6.01. The highest BCUT2D eigenvalue weighted by molar-refractivity contribution is 5.75. The fourth-order valence-corrected chi connectivity index (χ4v) is 6.01. The number of fused-ring (bicyclic) bond motifs is 1. The van der Waals surface area contributed by atoms with Crippen molar-refractivity contribution in [2.24, 2.45) is 0 Å². The van der Waals surface area contributed by atoms with Crippen molar-refractivity contribution in [1.82, 2.24) is 15.5 Å². The van der Waals surface area contributed by atoms with Crippen molar-refractivity contribution in [3.05, 3.63) is 59.7 Å². The lowest BCUT2D eigenvalue weighted by atomic mass is 9.65. The van der Waals surface area contributed by atoms with Gasteiger partial charge in [-0.3, -0.25) is 9.69 Å². The topological polar surface area (TPSA) is 89.1 Å². The lowest BCUT2D eigenvalue weighted by Gasteiger charge is -2.45. The monoisotopic (exact) mass is 509 g/mol. The summed E-state index contributed by atoms with van der Waals surface area (Å²) in [6, 6.07) is 16.9. The van der Waals surface area contributed by atoms with Gasteiger partial charge in [-0.2, -0.15) is 0 Å². The molecule has 2 aliphatic rings. The average Bonchev–Trinajstić information content (AvgIpc) is 3.27. The number of nitrogens with zero attached hydrogens (tertiary/aromatic N) is 1. The van der Waals surface area contributed by atoms with E-state index in [1.54, 1.807) is 21.1 Å². The van der Waals surface area contributed by atoms with Gasteiger partial charge in [0.1, 0.15) is 0 Å². The number of urea groups is 1. The highest BCUT2D eigenvalue weighted by Gasteiger charge is 2.51. The Morgan fingerprint density at radius 2 is 1.84 bits per heavy atom. The zero-order valence-corrected chi connectivity index (χ0v) is 22.1. The van der Waals surface area contributed by atoms with Gasteiger partial charge in [0, 0.05) is 30.6 Å². The van der Waals surface area contributed by atoms with E-state index in [1.807, 2.05) is 12.1 Å². The minimum Gasteiger partial charge on any atom is -0.493 e. The molecular weight excluding hydrogens is 470 g/mol. The number of amides is 2. The van der Waals surface area contributed by atoms with E-state index < -0.39 is 0 Å². The van der Waals surface area contributed by atoms with Crippen molar-refractivity contribution in [3.63, 3.8) is 0 Å². The van der Waals surface area contributed by atoms with Gasteiger partial charge in [-0.1, -0.05) is 36.4 Å². The minimum absolute atomic E-state index is 0.0209. The molecule has 2 aromatic carbocycles. The van der Waals surface area contributed by atoms with Crippen molar-refractivity contribution < 1.29 is 23.8 Å². The van der Waals surface area contributed by atoms with Crippen LogP contribution in [0.4, 0.5) is 4.79 Å². The van der Waals surface area contributed by atoms with Crippen molar-refractivity contribution in [2.75, 3.05) is 33.9 Å². The molecule has 2 amide bonds. The van der Waals surface area contributed by atoms with Gasteiger partial charge in [0.25, 0.3) is 0 Å². The summed E-state index contributed by atoms with van der Waals surface area (Å²) in [6.45, 7) is 4.24. The Morgan fingerprint density at radius 3 is 2.57 bits per heavy atom. The Labute approximate surface area is 219 Å². The Kier molecular flexibility index (Phi) is 8.92. The summed E-state index contributed by atoms with van der Waals surface area (Å²) in [6.07, 6.45) is 3.92. The number of esters is 1. The lowest BCUT2D eigenvalue weighted by molar-refractivity contribution is -0.142. The molecule has 2 fully saturated rings. The van der Waals surface area contributed by atoms with Crippen LogP contribution in [0.5, 0.6) is 11.5 Å². The lowest BCUT2D eigenvalue weighted by Crippen LogP contribution is -2.53. The normalized spacial score (nSPS) is 23.1. The van der Waals surface area contributed by atoms with Crippen LogP contribution < -0.4 is 20.1 Å². The molecule has 0 bridgehead atoms. The van der Waals surface area contributed by atoms with Crippen LogP contribution in [0.25, 0.3) is 0 Å². The first-order valence-electron chi connectivity index (χ1n) is 13.2. The summed E-state index contributed by atoms with van der Waals surface area (Å²) in [7, 11) is 3.33. The second kappa shape index (κ2) is 12.3. The van der Waals surface area contributed by atoms with Crippen LogP contribution in [-0.4, -0.2) is 62.9 Å². The van der Waals surface area contributed by atoms with E-state index in [1.165, 1.54) is 11.1 Å². The molecule has 0 aromatic heterocycles. The van der Waals surface area contributed by atoms with E-state index in [4.69, 9.17) is 14.2 Å². The average molecular weight is 510 g/mol. The molecule has 0 radical (unpaired) electrons. The molecule has 2 aromatic rings. The van der Waals surface area contributed by atoms with E-state index in [0.29, 0.717) is 6.61 Å². The van der Waals surface area contributed by atoms with Crippen LogP contribution in [0.2, 0.25) is 0 Å². The Morgan fingerprint density at radius 1 is 1.05 bits per heavy atom. The third-order valence-corrected chi connectivity index (χ3v) is 7.81. The van der Waals surface area contributed by atoms with Crippen molar-refractivity contribution >= 4 is 12.0 Å². The van der Waals surface area contributed by atoms with Crippen molar-refractivity contribution in [3.8, 4) is 11.5 Å². The molecule has 0 spiro atoms. The van der Waals surface area contributed by atoms with Gasteiger partial charge in [-0.05, 0) is 62.4 Å². The highest BCUT2D eigenvalue weighted by Crippen LogP contribution is 2.50. The molecule has 2 N–H and O–H groups in total. The van der Waals surface area contributed by atoms with Crippen LogP contribution in [-0.2, 0) is 21.5 Å². The maximum Gasteiger partial charge on any atom is 0.315 e. The number of hydrogen-bond acceptors (Lipinski definition) is 6. The quantitative estimate of drug-likeness (QED) is 0.471. The third kappa shape index (κ3) is 6.18. The number of likely N-dealkylation sites (tertiary alicyclic amines) is 1. The Balaban J connectivity index is 1.50. The Bertz CT molecular complexity index is 1060. The first-order valence-corrected chi connectivity index (χ1v) is 13.2. The van der Waals surface area contributed by atoms with Gasteiger partial charge in [0.15, 0.2) is 11.5 Å². The second-order valence-electron chi connectivity index (χ2n) is 9.87. The molecule has 1 saturated heterocycles. The highest BCUT2D eigenvalue weighted by atomic mass is 16.5. The summed E-state index contributed by atoms with van der Waals surface area (Å²) in [4.78, 5) is 26.7. The summed E-state index contributed by atoms with van der Waals surface area (Å²) in [5.41, 5.74) is 2.54. The second-order valence-corrected chi connectivity index (χ2v) is 9.87. The zero-order valence-electron chi connectivity index (χ0n) is 22.1. The van der Waals surface area contributed by atoms with Gasteiger partial charge < -0.3 is 24.8 Å². The number of benzene rings is 2. The van der Waals surface area contributed by atoms with Crippen molar-refractivity contribution in [1.29, 1.82) is 0 Å². The molecule has 4 rings (SSSR count). The number of rotatable bonds is 10. The molecule has 1 aliphatic carbocycles. The SMILES string of the molecule is CCOC(=O)CCNC(=O)N[C@H]1CC[C@@]2(c3ccc(OC)c(OC)c3)CCN(Cc3ccccc3)[C@@H]2C1. The number of nitrogens with one attached hydrogen (secondary N) is 2. The van der Waals surface area contributed by atoms with Crippen LogP contribution in [0.15, 0.2) is 48.5 Å². The fraction of sp³-hybridized carbons (Fsp3) is 0.517. The zero-order chi connectivity index (χ0) is 26.3. The largest absolute Gasteiger partial charge is 0.493 e. The van der Waals surface area contributed by atoms with Gasteiger partial charge in [0.05, 0.1) is 27.2 Å². The molecule has 8 nitrogen and oxygen atoms in total. The molecule has 0 unspecified atom stereocenters. The number of methoxy groups -OCH3 is 2. The first kappa shape index (κ1) is 26.8. The molecule has 8 heteroatoms. The molecule has 37 heavy (non-hydrogen) atoms. The van der Waals surface area contributed by atoms with Crippen LogP contribution in [0.3, 0.4) is 0 Å². The van der Waals surface area contributed by atoms with Gasteiger partial charge in [0.2, 0.25) is 0 Å². The van der Waals surface area contributed by atoms with Crippen LogP contribution >= 0.6 is 0 Å². The summed E-state index contributed by atoms with van der Waals surface area (Å²) in [5, 5.41) is 5.96. The van der Waals surface area contributed by atoms with Crippen LogP contribution in [0.1, 0.15) is 50.2 Å². The van der Waals surface area contributed by atoms with E-state index in [0.717, 1.165) is 50.3 Å². The maximum atomic E-state index is 12.6. The molecular formula is C29H39N3O5. The Hall–Kier alpha value is -3.26. The predicted molar refractivity (Wildman–Crippen MR) is 142 cm³/mol. The number of carbonyl (C=O) groups excluding carboxylic acids is 2. The van der Waals surface area contributed by atoms with E-state index in [9.17, 15) is 9.59 Å². The van der Waals surface area contributed by atoms with Crippen molar-refractivity contribution in [2.45, 2.75) is 63.1 Å². The third-order valence-electron chi connectivity index (χ3n) is 7.81. The summed E-state index contributed by atoms with van der Waals surface area (Å²) < 4.78 is 16.1. The first-order chi connectivity index (χ1) is 18.0. The summed E-state index contributed by atoms with van der Waals surface area (Å²) in [5.74, 6) is 1.17.